The van der Waals surface area contributed by atoms with Crippen LogP contribution in [0.1, 0.15) is 6.23 Å². The van der Waals surface area contributed by atoms with Crippen molar-refractivity contribution in [2.24, 2.45) is 0 Å². The van der Waals surface area contributed by atoms with Crippen molar-refractivity contribution < 1.29 is 19.7 Å². The van der Waals surface area contributed by atoms with Gasteiger partial charge in [-0.3, -0.25) is 14.3 Å². The third-order valence-electron chi connectivity index (χ3n) is 3.02. The molecule has 0 radical (unpaired) electrons. The number of aliphatic hydroxyl groups excluding tert-OH is 2. The summed E-state index contributed by atoms with van der Waals surface area (Å²) in [7, 11) is 0. The van der Waals surface area contributed by atoms with Gasteiger partial charge in [0.15, 0.2) is 6.23 Å². The Morgan fingerprint density at radius 3 is 2.85 bits per heavy atom. The summed E-state index contributed by atoms with van der Waals surface area (Å²) < 4.78 is 12.0. The zero-order valence-electron chi connectivity index (χ0n) is 10.5. The molecule has 0 saturated carbocycles. The predicted molar refractivity (Wildman–Crippen MR) is 71.9 cm³/mol. The van der Waals surface area contributed by atoms with E-state index < -0.39 is 42.4 Å². The number of nitrogens with one attached hydrogen (secondary N) is 1. The van der Waals surface area contributed by atoms with Crippen LogP contribution in [0.2, 0.25) is 0 Å². The molecule has 20 heavy (non-hydrogen) atoms. The molecule has 1 aromatic rings. The van der Waals surface area contributed by atoms with Gasteiger partial charge in [-0.1, -0.05) is 0 Å². The molecule has 0 amide bonds. The van der Waals surface area contributed by atoms with Gasteiger partial charge in [0.05, 0.1) is 13.2 Å². The van der Waals surface area contributed by atoms with Gasteiger partial charge >= 0.3 is 5.69 Å². The van der Waals surface area contributed by atoms with E-state index in [1.807, 2.05) is 0 Å². The Kier molecular flexibility index (Phi) is 5.00. The summed E-state index contributed by atoms with van der Waals surface area (Å²) in [6.07, 6.45) is -2.43. The number of rotatable bonds is 5. The average molecular weight is 304 g/mol. The number of hydrogen-bond acceptors (Lipinski definition) is 7. The van der Waals surface area contributed by atoms with Crippen molar-refractivity contribution in [1.82, 2.24) is 9.55 Å². The van der Waals surface area contributed by atoms with Gasteiger partial charge in [0.25, 0.3) is 5.56 Å². The fourth-order valence-electron chi connectivity index (χ4n) is 2.09. The Balaban J connectivity index is 2.31. The molecule has 1 aliphatic heterocycles. The lowest BCUT2D eigenvalue weighted by molar-refractivity contribution is -0.0711. The largest absolute Gasteiger partial charge is 0.394 e. The van der Waals surface area contributed by atoms with E-state index in [1.54, 1.807) is 0 Å². The first-order chi connectivity index (χ1) is 9.58. The van der Waals surface area contributed by atoms with Gasteiger partial charge in [0.1, 0.15) is 18.3 Å². The van der Waals surface area contributed by atoms with Crippen LogP contribution >= 0.6 is 12.6 Å². The second-order valence-corrected chi connectivity index (χ2v) is 4.76. The second-order valence-electron chi connectivity index (χ2n) is 4.31. The van der Waals surface area contributed by atoms with Crippen LogP contribution in [0.5, 0.6) is 0 Å². The van der Waals surface area contributed by atoms with Crippen LogP contribution in [-0.4, -0.2) is 57.0 Å². The number of aromatic amines is 1. The van der Waals surface area contributed by atoms with Gasteiger partial charge in [-0.25, -0.2) is 4.79 Å². The highest BCUT2D eigenvalue weighted by atomic mass is 32.1. The molecule has 1 aliphatic rings. The first-order valence-corrected chi connectivity index (χ1v) is 6.70. The summed E-state index contributed by atoms with van der Waals surface area (Å²) in [5, 5.41) is 19.2. The lowest BCUT2D eigenvalue weighted by Crippen LogP contribution is -2.39. The summed E-state index contributed by atoms with van der Waals surface area (Å²) in [6, 6.07) is 1.17. The standard InChI is InChI=1S/C11H16N2O6S/c14-5-6-8(16)9(18-3-4-20)10(19-6)13-2-1-7(15)12-11(13)17/h1-2,6,8-10,14,16,20H,3-5H2,(H,12,15,17)/t6-,8-,9-,10-/m1/s1. The SMILES string of the molecule is O=c1ccn([C@@H]2O[C@H](CO)[C@@H](O)[C@H]2OCCS)c(=O)[nH]1. The van der Waals surface area contributed by atoms with Crippen molar-refractivity contribution in [2.45, 2.75) is 24.5 Å². The minimum absolute atomic E-state index is 0.251. The molecule has 112 valence electrons. The minimum Gasteiger partial charge on any atom is -0.394 e. The Morgan fingerprint density at radius 1 is 1.50 bits per heavy atom. The van der Waals surface area contributed by atoms with E-state index in [0.29, 0.717) is 5.75 Å². The van der Waals surface area contributed by atoms with E-state index in [9.17, 15) is 14.7 Å². The van der Waals surface area contributed by atoms with Crippen molar-refractivity contribution >= 4 is 12.6 Å². The Labute approximate surface area is 119 Å². The summed E-state index contributed by atoms with van der Waals surface area (Å²) in [6.45, 7) is -0.155. The van der Waals surface area contributed by atoms with Crippen molar-refractivity contribution in [3.8, 4) is 0 Å². The highest BCUT2D eigenvalue weighted by molar-refractivity contribution is 7.80. The van der Waals surface area contributed by atoms with Gasteiger partial charge in [-0.05, 0) is 0 Å². The summed E-state index contributed by atoms with van der Waals surface area (Å²) in [5.41, 5.74) is -1.20. The summed E-state index contributed by atoms with van der Waals surface area (Å²) >= 11 is 4.01. The number of aliphatic hydroxyl groups is 2. The third-order valence-corrected chi connectivity index (χ3v) is 3.20. The van der Waals surface area contributed by atoms with Crippen LogP contribution in [-0.2, 0) is 9.47 Å². The second kappa shape index (κ2) is 6.55. The Morgan fingerprint density at radius 2 is 2.25 bits per heavy atom. The highest BCUT2D eigenvalue weighted by Gasteiger charge is 2.45. The van der Waals surface area contributed by atoms with Crippen molar-refractivity contribution in [1.29, 1.82) is 0 Å². The summed E-state index contributed by atoms with van der Waals surface area (Å²) in [4.78, 5) is 24.9. The fraction of sp³-hybridized carbons (Fsp3) is 0.636. The van der Waals surface area contributed by atoms with Gasteiger partial charge in [-0.2, -0.15) is 12.6 Å². The topological polar surface area (TPSA) is 114 Å². The lowest BCUT2D eigenvalue weighted by atomic mass is 10.1. The lowest BCUT2D eigenvalue weighted by Gasteiger charge is -2.21. The highest BCUT2D eigenvalue weighted by Crippen LogP contribution is 2.30. The quantitative estimate of drug-likeness (QED) is 0.473. The zero-order valence-corrected chi connectivity index (χ0v) is 11.4. The zero-order chi connectivity index (χ0) is 14.7. The maximum atomic E-state index is 11.8. The number of hydrogen-bond donors (Lipinski definition) is 4. The van der Waals surface area contributed by atoms with Crippen molar-refractivity contribution in [2.75, 3.05) is 19.0 Å². The molecule has 2 rings (SSSR count). The average Bonchev–Trinajstić information content (AvgIpc) is 2.73. The molecule has 3 N–H and O–H groups in total. The smallest absolute Gasteiger partial charge is 0.330 e. The van der Waals surface area contributed by atoms with Crippen molar-refractivity contribution in [3.05, 3.63) is 33.1 Å². The number of ether oxygens (including phenoxy) is 2. The van der Waals surface area contributed by atoms with Gasteiger partial charge in [0, 0.05) is 18.0 Å². The molecule has 0 bridgehead atoms. The molecule has 2 heterocycles. The Bertz CT molecular complexity index is 558. The molecule has 4 atom stereocenters. The Hall–Kier alpha value is -1.13. The van der Waals surface area contributed by atoms with Crippen LogP contribution in [0.4, 0.5) is 0 Å². The molecule has 0 aromatic carbocycles. The van der Waals surface area contributed by atoms with E-state index in [2.05, 4.69) is 17.6 Å². The third kappa shape index (κ3) is 2.96. The molecule has 0 unspecified atom stereocenters. The van der Waals surface area contributed by atoms with E-state index in [1.165, 1.54) is 12.3 Å². The monoisotopic (exact) mass is 304 g/mol. The van der Waals surface area contributed by atoms with Crippen LogP contribution in [0.15, 0.2) is 21.9 Å². The van der Waals surface area contributed by atoms with Crippen LogP contribution in [0.3, 0.4) is 0 Å². The molecular formula is C11H16N2O6S. The molecule has 1 saturated heterocycles. The number of H-pyrrole nitrogens is 1. The van der Waals surface area contributed by atoms with Crippen LogP contribution in [0.25, 0.3) is 0 Å². The molecule has 8 nitrogen and oxygen atoms in total. The predicted octanol–water partition coefficient (Wildman–Crippen LogP) is -1.90. The number of nitrogens with zero attached hydrogens (tertiary/aromatic N) is 1. The van der Waals surface area contributed by atoms with E-state index >= 15 is 0 Å². The van der Waals surface area contributed by atoms with Crippen molar-refractivity contribution in [3.63, 3.8) is 0 Å². The molecule has 1 aromatic heterocycles. The van der Waals surface area contributed by atoms with Crippen LogP contribution in [0, 0.1) is 0 Å². The minimum atomic E-state index is -1.08. The first kappa shape index (κ1) is 15.3. The molecule has 9 heteroatoms. The molecule has 0 aliphatic carbocycles. The number of thiol groups is 1. The van der Waals surface area contributed by atoms with Crippen LogP contribution < -0.4 is 11.2 Å². The maximum absolute atomic E-state index is 11.8. The maximum Gasteiger partial charge on any atom is 0.330 e. The normalized spacial score (nSPS) is 29.8. The molecule has 0 spiro atoms. The van der Waals surface area contributed by atoms with Gasteiger partial charge < -0.3 is 19.7 Å². The van der Waals surface area contributed by atoms with Gasteiger partial charge in [0.2, 0.25) is 0 Å². The fourth-order valence-corrected chi connectivity index (χ4v) is 2.19. The summed E-state index contributed by atoms with van der Waals surface area (Å²) in [5.74, 6) is 0.431. The van der Waals surface area contributed by atoms with Gasteiger partial charge in [-0.15, -0.1) is 0 Å². The number of aromatic nitrogens is 2. The molecular weight excluding hydrogens is 288 g/mol. The van der Waals surface area contributed by atoms with E-state index in [-0.39, 0.29) is 6.61 Å². The van der Waals surface area contributed by atoms with E-state index in [4.69, 9.17) is 14.6 Å². The molecule has 1 fully saturated rings. The first-order valence-electron chi connectivity index (χ1n) is 6.06. The van der Waals surface area contributed by atoms with E-state index in [0.717, 1.165) is 4.57 Å².